The summed E-state index contributed by atoms with van der Waals surface area (Å²) in [6, 6.07) is 1.52. The maximum atomic E-state index is 11.5. The summed E-state index contributed by atoms with van der Waals surface area (Å²) in [4.78, 5) is 11.5. The summed E-state index contributed by atoms with van der Waals surface area (Å²) in [6.07, 6.45) is 21.4. The van der Waals surface area contributed by atoms with E-state index in [0.717, 1.165) is 12.8 Å². The SMILES string of the molecule is CCCCCCCCCCCCCCCCCOC(=O)c1ccon1. The molecule has 1 rings (SSSR count). The topological polar surface area (TPSA) is 52.3 Å². The summed E-state index contributed by atoms with van der Waals surface area (Å²) < 4.78 is 9.76. The number of esters is 1. The van der Waals surface area contributed by atoms with Gasteiger partial charge >= 0.3 is 5.97 Å². The number of rotatable bonds is 17. The first kappa shape index (κ1) is 21.7. The van der Waals surface area contributed by atoms with Gasteiger partial charge in [0.25, 0.3) is 0 Å². The standard InChI is InChI=1S/C21H37NO3/c1-2-3-4-5-6-7-8-9-10-11-12-13-14-15-16-18-24-21(23)20-17-19-25-22-20/h17,19H,2-16,18H2,1H3. The smallest absolute Gasteiger partial charge is 0.360 e. The molecule has 0 atom stereocenters. The lowest BCUT2D eigenvalue weighted by Crippen LogP contribution is -2.06. The van der Waals surface area contributed by atoms with Gasteiger partial charge in [-0.25, -0.2) is 4.79 Å². The molecule has 0 saturated carbocycles. The minimum atomic E-state index is -0.390. The quantitative estimate of drug-likeness (QED) is 0.231. The van der Waals surface area contributed by atoms with Gasteiger partial charge in [0.2, 0.25) is 0 Å². The van der Waals surface area contributed by atoms with Crippen molar-refractivity contribution in [3.8, 4) is 0 Å². The number of carbonyl (C=O) groups excluding carboxylic acids is 1. The summed E-state index contributed by atoms with van der Waals surface area (Å²) in [5.41, 5.74) is 0.251. The van der Waals surface area contributed by atoms with Gasteiger partial charge in [0.15, 0.2) is 5.69 Å². The first-order valence-corrected chi connectivity index (χ1v) is 10.4. The van der Waals surface area contributed by atoms with Gasteiger partial charge in [-0.1, -0.05) is 102 Å². The maximum absolute atomic E-state index is 11.5. The Balaban J connectivity index is 1.73. The molecule has 1 aromatic heterocycles. The molecule has 0 aliphatic heterocycles. The van der Waals surface area contributed by atoms with E-state index in [4.69, 9.17) is 4.74 Å². The number of ether oxygens (including phenoxy) is 1. The molecular formula is C21H37NO3. The number of unbranched alkanes of at least 4 members (excludes halogenated alkanes) is 14. The fourth-order valence-electron chi connectivity index (χ4n) is 3.03. The van der Waals surface area contributed by atoms with Crippen LogP contribution in [0.2, 0.25) is 0 Å². The number of aromatic nitrogens is 1. The van der Waals surface area contributed by atoms with Gasteiger partial charge in [-0.3, -0.25) is 0 Å². The van der Waals surface area contributed by atoms with Gasteiger partial charge in [-0.2, -0.15) is 0 Å². The van der Waals surface area contributed by atoms with Gasteiger partial charge in [-0.05, 0) is 6.42 Å². The maximum Gasteiger partial charge on any atom is 0.360 e. The molecule has 0 radical (unpaired) electrons. The van der Waals surface area contributed by atoms with Crippen LogP contribution in [0.25, 0.3) is 0 Å². The van der Waals surface area contributed by atoms with Crippen LogP contribution in [-0.2, 0) is 4.74 Å². The van der Waals surface area contributed by atoms with E-state index < -0.39 is 0 Å². The van der Waals surface area contributed by atoms with Crippen molar-refractivity contribution in [1.29, 1.82) is 0 Å². The molecule has 0 amide bonds. The average molecular weight is 352 g/mol. The minimum Gasteiger partial charge on any atom is -0.461 e. The van der Waals surface area contributed by atoms with Crippen molar-refractivity contribution in [3.05, 3.63) is 18.0 Å². The molecule has 0 spiro atoms. The Labute approximate surface area is 153 Å². The van der Waals surface area contributed by atoms with Crippen molar-refractivity contribution in [3.63, 3.8) is 0 Å². The molecule has 0 unspecified atom stereocenters. The lowest BCUT2D eigenvalue weighted by atomic mass is 10.0. The van der Waals surface area contributed by atoms with E-state index in [2.05, 4.69) is 16.6 Å². The summed E-state index contributed by atoms with van der Waals surface area (Å²) in [5, 5.41) is 3.56. The Bertz CT molecular complexity index is 403. The predicted molar refractivity (Wildman–Crippen MR) is 102 cm³/mol. The highest BCUT2D eigenvalue weighted by Crippen LogP contribution is 2.13. The van der Waals surface area contributed by atoms with Crippen molar-refractivity contribution in [1.82, 2.24) is 5.16 Å². The highest BCUT2D eigenvalue weighted by atomic mass is 16.5. The third-order valence-corrected chi connectivity index (χ3v) is 4.63. The molecule has 1 aromatic rings. The lowest BCUT2D eigenvalue weighted by molar-refractivity contribution is 0.0486. The molecule has 0 aliphatic carbocycles. The van der Waals surface area contributed by atoms with Crippen LogP contribution >= 0.6 is 0 Å². The zero-order chi connectivity index (χ0) is 18.0. The number of hydrogen-bond acceptors (Lipinski definition) is 4. The van der Waals surface area contributed by atoms with Crippen LogP contribution in [0, 0.1) is 0 Å². The fourth-order valence-corrected chi connectivity index (χ4v) is 3.03. The average Bonchev–Trinajstić information content (AvgIpc) is 3.16. The Morgan fingerprint density at radius 2 is 1.32 bits per heavy atom. The van der Waals surface area contributed by atoms with Crippen LogP contribution in [0.1, 0.15) is 114 Å². The van der Waals surface area contributed by atoms with Crippen molar-refractivity contribution < 1.29 is 14.1 Å². The highest BCUT2D eigenvalue weighted by Gasteiger charge is 2.09. The van der Waals surface area contributed by atoms with E-state index >= 15 is 0 Å². The fraction of sp³-hybridized carbons (Fsp3) is 0.810. The molecule has 0 bridgehead atoms. The van der Waals surface area contributed by atoms with Crippen LogP contribution in [0.4, 0.5) is 0 Å². The molecule has 0 saturated heterocycles. The molecule has 0 aliphatic rings. The van der Waals surface area contributed by atoms with Crippen molar-refractivity contribution in [2.45, 2.75) is 103 Å². The molecule has 0 fully saturated rings. The van der Waals surface area contributed by atoms with Crippen LogP contribution < -0.4 is 0 Å². The summed E-state index contributed by atoms with van der Waals surface area (Å²) in [6.45, 7) is 2.75. The summed E-state index contributed by atoms with van der Waals surface area (Å²) in [7, 11) is 0. The Morgan fingerprint density at radius 1 is 0.840 bits per heavy atom. The molecular weight excluding hydrogens is 314 g/mol. The lowest BCUT2D eigenvalue weighted by Gasteiger charge is -2.04. The Morgan fingerprint density at radius 3 is 1.76 bits per heavy atom. The van der Waals surface area contributed by atoms with Crippen molar-refractivity contribution in [2.75, 3.05) is 6.61 Å². The van der Waals surface area contributed by atoms with E-state index in [-0.39, 0.29) is 11.7 Å². The van der Waals surface area contributed by atoms with Gasteiger partial charge in [0.1, 0.15) is 6.26 Å². The molecule has 144 valence electrons. The third-order valence-electron chi connectivity index (χ3n) is 4.63. The van der Waals surface area contributed by atoms with E-state index in [0.29, 0.717) is 6.61 Å². The molecule has 4 nitrogen and oxygen atoms in total. The second kappa shape index (κ2) is 16.2. The largest absolute Gasteiger partial charge is 0.461 e. The minimum absolute atomic E-state index is 0.251. The number of hydrogen-bond donors (Lipinski definition) is 0. The summed E-state index contributed by atoms with van der Waals surface area (Å²) in [5.74, 6) is -0.390. The predicted octanol–water partition coefficient (Wildman–Crippen LogP) is 6.70. The zero-order valence-electron chi connectivity index (χ0n) is 16.1. The van der Waals surface area contributed by atoms with Crippen molar-refractivity contribution >= 4 is 5.97 Å². The first-order valence-electron chi connectivity index (χ1n) is 10.4. The zero-order valence-corrected chi connectivity index (χ0v) is 16.1. The normalized spacial score (nSPS) is 10.9. The second-order valence-corrected chi connectivity index (χ2v) is 6.97. The van der Waals surface area contributed by atoms with Crippen LogP contribution in [-0.4, -0.2) is 17.7 Å². The molecule has 0 aromatic carbocycles. The Kier molecular flexibility index (Phi) is 14.0. The highest BCUT2D eigenvalue weighted by molar-refractivity contribution is 5.86. The van der Waals surface area contributed by atoms with E-state index in [1.54, 1.807) is 0 Å². The van der Waals surface area contributed by atoms with Gasteiger partial charge in [0, 0.05) is 6.07 Å². The van der Waals surface area contributed by atoms with E-state index in [1.807, 2.05) is 0 Å². The number of carbonyl (C=O) groups is 1. The Hall–Kier alpha value is -1.32. The van der Waals surface area contributed by atoms with Crippen LogP contribution in [0.3, 0.4) is 0 Å². The summed E-state index contributed by atoms with van der Waals surface area (Å²) >= 11 is 0. The molecule has 1 heterocycles. The van der Waals surface area contributed by atoms with Crippen LogP contribution in [0.15, 0.2) is 16.9 Å². The van der Waals surface area contributed by atoms with E-state index in [1.165, 1.54) is 95.8 Å². The van der Waals surface area contributed by atoms with Crippen molar-refractivity contribution in [2.24, 2.45) is 0 Å². The third kappa shape index (κ3) is 12.7. The van der Waals surface area contributed by atoms with Gasteiger partial charge in [0.05, 0.1) is 6.61 Å². The monoisotopic (exact) mass is 351 g/mol. The first-order chi connectivity index (χ1) is 12.3. The molecule has 4 heteroatoms. The second-order valence-electron chi connectivity index (χ2n) is 6.97. The van der Waals surface area contributed by atoms with E-state index in [9.17, 15) is 4.79 Å². The van der Waals surface area contributed by atoms with Crippen LogP contribution in [0.5, 0.6) is 0 Å². The van der Waals surface area contributed by atoms with Gasteiger partial charge in [-0.15, -0.1) is 0 Å². The molecule has 25 heavy (non-hydrogen) atoms. The number of nitrogens with zero attached hydrogens (tertiary/aromatic N) is 1. The molecule has 0 N–H and O–H groups in total. The van der Waals surface area contributed by atoms with Gasteiger partial charge < -0.3 is 9.26 Å².